The molecule has 1 aromatic carbocycles. The van der Waals surface area contributed by atoms with Crippen LogP contribution in [0, 0.1) is 0 Å². The van der Waals surface area contributed by atoms with Crippen LogP contribution in [0.25, 0.3) is 0 Å². The fourth-order valence-corrected chi connectivity index (χ4v) is 3.86. The van der Waals surface area contributed by atoms with Crippen molar-refractivity contribution in [3.63, 3.8) is 0 Å². The van der Waals surface area contributed by atoms with Crippen LogP contribution >= 0.6 is 0 Å². The predicted molar refractivity (Wildman–Crippen MR) is 81.5 cm³/mol. The number of hydrogen-bond donors (Lipinski definition) is 3. The molecule has 1 saturated carbocycles. The third-order valence-corrected chi connectivity index (χ3v) is 4.92. The van der Waals surface area contributed by atoms with Gasteiger partial charge in [0.15, 0.2) is 0 Å². The molecule has 2 aliphatic heterocycles. The maximum absolute atomic E-state index is 12.3. The Morgan fingerprint density at radius 2 is 1.76 bits per heavy atom. The molecule has 4 heteroatoms. The number of fused-ring (bicyclic) bond motifs is 1. The van der Waals surface area contributed by atoms with Crippen LogP contribution in [0.4, 0.5) is 0 Å². The normalized spacial score (nSPS) is 31.8. The van der Waals surface area contributed by atoms with Crippen molar-refractivity contribution >= 4 is 5.91 Å². The van der Waals surface area contributed by atoms with Crippen molar-refractivity contribution in [1.29, 1.82) is 0 Å². The van der Waals surface area contributed by atoms with Gasteiger partial charge in [-0.05, 0) is 18.4 Å². The monoisotopic (exact) mass is 283 g/mol. The summed E-state index contributed by atoms with van der Waals surface area (Å²) in [5.74, 6) is 0.0671. The molecule has 0 radical (unpaired) electrons. The van der Waals surface area contributed by atoms with Crippen LogP contribution in [0.2, 0.25) is 0 Å². The van der Waals surface area contributed by atoms with E-state index in [9.17, 15) is 4.79 Å². The SMILES string of the molecule is O=C1NCC2=C1[C@@H](c1ccccc1)N[C@@H]1CCCC[C@H]1N2. The molecule has 1 aliphatic carbocycles. The van der Waals surface area contributed by atoms with E-state index in [1.807, 2.05) is 18.2 Å². The Labute approximate surface area is 125 Å². The number of rotatable bonds is 1. The van der Waals surface area contributed by atoms with Gasteiger partial charge < -0.3 is 16.0 Å². The van der Waals surface area contributed by atoms with Crippen molar-refractivity contribution in [1.82, 2.24) is 16.0 Å². The molecule has 2 heterocycles. The van der Waals surface area contributed by atoms with Crippen molar-refractivity contribution < 1.29 is 4.79 Å². The molecule has 0 bridgehead atoms. The summed E-state index contributed by atoms with van der Waals surface area (Å²) in [5.41, 5.74) is 3.15. The van der Waals surface area contributed by atoms with Gasteiger partial charge in [-0.15, -0.1) is 0 Å². The Hall–Kier alpha value is -1.81. The van der Waals surface area contributed by atoms with Gasteiger partial charge in [-0.3, -0.25) is 4.79 Å². The molecule has 0 spiro atoms. The van der Waals surface area contributed by atoms with Gasteiger partial charge in [0, 0.05) is 17.8 Å². The highest BCUT2D eigenvalue weighted by molar-refractivity contribution is 5.98. The average molecular weight is 283 g/mol. The van der Waals surface area contributed by atoms with Crippen LogP contribution in [0.5, 0.6) is 0 Å². The van der Waals surface area contributed by atoms with Crippen LogP contribution in [0.1, 0.15) is 37.3 Å². The molecule has 3 N–H and O–H groups in total. The minimum absolute atomic E-state index is 0.00398. The highest BCUT2D eigenvalue weighted by Crippen LogP contribution is 2.33. The quantitative estimate of drug-likeness (QED) is 0.734. The second-order valence-corrected chi connectivity index (χ2v) is 6.23. The zero-order chi connectivity index (χ0) is 14.2. The molecular weight excluding hydrogens is 262 g/mol. The van der Waals surface area contributed by atoms with Crippen molar-refractivity contribution in [3.05, 3.63) is 47.2 Å². The van der Waals surface area contributed by atoms with Crippen LogP contribution in [-0.4, -0.2) is 24.5 Å². The molecule has 3 atom stereocenters. The van der Waals surface area contributed by atoms with Gasteiger partial charge in [0.1, 0.15) is 0 Å². The van der Waals surface area contributed by atoms with E-state index >= 15 is 0 Å². The summed E-state index contributed by atoms with van der Waals surface area (Å²) in [4.78, 5) is 12.3. The molecule has 1 aromatic rings. The van der Waals surface area contributed by atoms with Gasteiger partial charge in [0.25, 0.3) is 5.91 Å². The number of carbonyl (C=O) groups excluding carboxylic acids is 1. The van der Waals surface area contributed by atoms with Crippen LogP contribution in [-0.2, 0) is 4.79 Å². The van der Waals surface area contributed by atoms with E-state index in [4.69, 9.17) is 0 Å². The second-order valence-electron chi connectivity index (χ2n) is 6.23. The first kappa shape index (κ1) is 12.9. The van der Waals surface area contributed by atoms with E-state index in [0.29, 0.717) is 18.6 Å². The van der Waals surface area contributed by atoms with Gasteiger partial charge in [-0.25, -0.2) is 0 Å². The van der Waals surface area contributed by atoms with Crippen molar-refractivity contribution in [2.75, 3.05) is 6.54 Å². The third kappa shape index (κ3) is 2.23. The van der Waals surface area contributed by atoms with Crippen molar-refractivity contribution in [2.45, 2.75) is 43.8 Å². The molecule has 0 aromatic heterocycles. The van der Waals surface area contributed by atoms with E-state index in [2.05, 4.69) is 28.1 Å². The number of hydrogen-bond acceptors (Lipinski definition) is 3. The number of amides is 1. The van der Waals surface area contributed by atoms with Gasteiger partial charge in [0.2, 0.25) is 0 Å². The minimum Gasteiger partial charge on any atom is -0.382 e. The minimum atomic E-state index is 0.00398. The lowest BCUT2D eigenvalue weighted by Crippen LogP contribution is -2.49. The summed E-state index contributed by atoms with van der Waals surface area (Å²) in [6.07, 6.45) is 4.91. The fourth-order valence-electron chi connectivity index (χ4n) is 3.86. The van der Waals surface area contributed by atoms with Gasteiger partial charge in [-0.2, -0.15) is 0 Å². The Morgan fingerprint density at radius 1 is 1.00 bits per heavy atom. The highest BCUT2D eigenvalue weighted by atomic mass is 16.2. The molecule has 0 saturated heterocycles. The smallest absolute Gasteiger partial charge is 0.251 e. The molecule has 3 aliphatic rings. The first-order chi connectivity index (χ1) is 10.3. The summed E-state index contributed by atoms with van der Waals surface area (Å²) in [5, 5.41) is 10.4. The third-order valence-electron chi connectivity index (χ3n) is 4.92. The maximum atomic E-state index is 12.3. The van der Waals surface area contributed by atoms with E-state index in [0.717, 1.165) is 11.3 Å². The molecule has 1 amide bonds. The Morgan fingerprint density at radius 3 is 2.57 bits per heavy atom. The van der Waals surface area contributed by atoms with Crippen LogP contribution in [0.3, 0.4) is 0 Å². The predicted octanol–water partition coefficient (Wildman–Crippen LogP) is 1.62. The van der Waals surface area contributed by atoms with Crippen molar-refractivity contribution in [2.24, 2.45) is 0 Å². The van der Waals surface area contributed by atoms with Crippen molar-refractivity contribution in [3.8, 4) is 0 Å². The Kier molecular flexibility index (Phi) is 3.19. The van der Waals surface area contributed by atoms with E-state index in [1.165, 1.54) is 31.2 Å². The number of carbonyl (C=O) groups is 1. The fraction of sp³-hybridized carbons (Fsp3) is 0.471. The Bertz CT molecular complexity index is 581. The van der Waals surface area contributed by atoms with E-state index in [1.54, 1.807) is 0 Å². The molecule has 21 heavy (non-hydrogen) atoms. The first-order valence-corrected chi connectivity index (χ1v) is 7.92. The van der Waals surface area contributed by atoms with Gasteiger partial charge in [0.05, 0.1) is 18.2 Å². The lowest BCUT2D eigenvalue weighted by atomic mass is 9.89. The van der Waals surface area contributed by atoms with E-state index < -0.39 is 0 Å². The van der Waals surface area contributed by atoms with E-state index in [-0.39, 0.29) is 11.9 Å². The first-order valence-electron chi connectivity index (χ1n) is 7.92. The molecule has 1 fully saturated rings. The summed E-state index contributed by atoms with van der Waals surface area (Å²) in [7, 11) is 0. The largest absolute Gasteiger partial charge is 0.382 e. The lowest BCUT2D eigenvalue weighted by molar-refractivity contribution is -0.117. The molecule has 110 valence electrons. The highest BCUT2D eigenvalue weighted by Gasteiger charge is 2.38. The molecule has 4 rings (SSSR count). The Balaban J connectivity index is 1.75. The summed E-state index contributed by atoms with van der Waals surface area (Å²) < 4.78 is 0. The van der Waals surface area contributed by atoms with Crippen LogP contribution < -0.4 is 16.0 Å². The lowest BCUT2D eigenvalue weighted by Gasteiger charge is -2.33. The molecular formula is C17H21N3O. The second kappa shape index (κ2) is 5.19. The molecule has 0 unspecified atom stereocenters. The summed E-state index contributed by atoms with van der Waals surface area (Å²) in [6.45, 7) is 0.641. The van der Waals surface area contributed by atoms with Gasteiger partial charge in [-0.1, -0.05) is 43.2 Å². The zero-order valence-corrected chi connectivity index (χ0v) is 12.1. The maximum Gasteiger partial charge on any atom is 0.251 e. The number of nitrogens with one attached hydrogen (secondary N) is 3. The van der Waals surface area contributed by atoms with Crippen LogP contribution in [0.15, 0.2) is 41.6 Å². The summed E-state index contributed by atoms with van der Waals surface area (Å²) in [6, 6.07) is 11.2. The topological polar surface area (TPSA) is 53.2 Å². The zero-order valence-electron chi connectivity index (χ0n) is 12.1. The number of benzene rings is 1. The average Bonchev–Trinajstić information content (AvgIpc) is 2.80. The molecule has 4 nitrogen and oxygen atoms in total. The summed E-state index contributed by atoms with van der Waals surface area (Å²) >= 11 is 0. The standard InChI is InChI=1S/C17H21N3O/c21-17-15-14(10-18-17)19-12-8-4-5-9-13(12)20-16(15)11-6-2-1-3-7-11/h1-3,6-7,12-13,16,19-20H,4-5,8-10H2,(H,18,21)/t12-,13-,16-/m1/s1. The van der Waals surface area contributed by atoms with Gasteiger partial charge >= 0.3 is 0 Å².